The third-order valence-corrected chi connectivity index (χ3v) is 5.28. The lowest BCUT2D eigenvalue weighted by Gasteiger charge is -2.11. The van der Waals surface area contributed by atoms with E-state index in [1.54, 1.807) is 0 Å². The lowest BCUT2D eigenvalue weighted by atomic mass is 10.0. The van der Waals surface area contributed by atoms with Gasteiger partial charge in [0.2, 0.25) is 5.90 Å². The van der Waals surface area contributed by atoms with Gasteiger partial charge in [0.25, 0.3) is 5.91 Å². The molecule has 1 aliphatic rings. The van der Waals surface area contributed by atoms with Crippen molar-refractivity contribution in [2.75, 3.05) is 11.9 Å². The maximum absolute atomic E-state index is 12.1. The molecule has 2 heterocycles. The van der Waals surface area contributed by atoms with Gasteiger partial charge in [-0.2, -0.15) is 5.10 Å². The van der Waals surface area contributed by atoms with Gasteiger partial charge in [0.15, 0.2) is 6.61 Å². The summed E-state index contributed by atoms with van der Waals surface area (Å²) >= 11 is 0. The van der Waals surface area contributed by atoms with Crippen LogP contribution in [0.25, 0.3) is 11.1 Å². The topological polar surface area (TPSA) is 78.8 Å². The first-order valence-corrected chi connectivity index (χ1v) is 10.5. The summed E-state index contributed by atoms with van der Waals surface area (Å²) in [5.41, 5.74) is 5.36. The van der Waals surface area contributed by atoms with Crippen LogP contribution in [0.5, 0.6) is 0 Å². The van der Waals surface area contributed by atoms with Gasteiger partial charge in [0.1, 0.15) is 0 Å². The van der Waals surface area contributed by atoms with E-state index in [1.165, 1.54) is 16.8 Å². The predicted octanol–water partition coefficient (Wildman–Crippen LogP) is 5.06. The highest BCUT2D eigenvalue weighted by atomic mass is 16.5. The molecule has 0 saturated heterocycles. The summed E-state index contributed by atoms with van der Waals surface area (Å²) in [5.74, 6) is 0.285. The molecule has 1 aliphatic heterocycles. The number of H-pyrrole nitrogens is 1. The third-order valence-electron chi connectivity index (χ3n) is 5.28. The quantitative estimate of drug-likeness (QED) is 0.540. The van der Waals surface area contributed by atoms with Crippen LogP contribution in [0.15, 0.2) is 83.1 Å². The van der Waals surface area contributed by atoms with Crippen LogP contribution >= 0.6 is 0 Å². The van der Waals surface area contributed by atoms with Crippen LogP contribution in [0.1, 0.15) is 25.5 Å². The molecule has 4 rings (SSSR count). The number of nitrogens with one attached hydrogen (secondary N) is 2. The minimum Gasteiger partial charge on any atom is -0.469 e. The second-order valence-electron chi connectivity index (χ2n) is 7.59. The molecular formula is C25H26N4O2. The summed E-state index contributed by atoms with van der Waals surface area (Å²) < 4.78 is 5.61. The Hall–Kier alpha value is -3.67. The molecule has 6 heteroatoms. The highest BCUT2D eigenvalue weighted by Gasteiger charge is 2.24. The molecule has 2 aromatic carbocycles. The van der Waals surface area contributed by atoms with E-state index in [0.29, 0.717) is 5.90 Å². The van der Waals surface area contributed by atoms with Crippen LogP contribution in [0.3, 0.4) is 0 Å². The Morgan fingerprint density at radius 1 is 1.00 bits per heavy atom. The van der Waals surface area contributed by atoms with Crippen molar-refractivity contribution in [3.8, 4) is 11.1 Å². The summed E-state index contributed by atoms with van der Waals surface area (Å²) in [4.78, 5) is 15.4. The molecular weight excluding hydrogens is 388 g/mol. The fourth-order valence-electron chi connectivity index (χ4n) is 3.55. The van der Waals surface area contributed by atoms with E-state index < -0.39 is 0 Å². The highest BCUT2D eigenvalue weighted by molar-refractivity contribution is 6.07. The van der Waals surface area contributed by atoms with E-state index in [4.69, 9.17) is 4.74 Å². The largest absolute Gasteiger partial charge is 0.469 e. The number of aromatic amines is 1. The van der Waals surface area contributed by atoms with Crippen LogP contribution in [-0.4, -0.2) is 29.1 Å². The fraction of sp³-hybridized carbons (Fsp3) is 0.240. The number of carbonyl (C=O) groups excluding carboxylic acids is 1. The second-order valence-corrected chi connectivity index (χ2v) is 7.59. The Morgan fingerprint density at radius 3 is 2.52 bits per heavy atom. The molecule has 3 aromatic rings. The van der Waals surface area contributed by atoms with Gasteiger partial charge >= 0.3 is 0 Å². The maximum Gasteiger partial charge on any atom is 0.262 e. The molecule has 0 radical (unpaired) electrons. The lowest BCUT2D eigenvalue weighted by Crippen LogP contribution is -2.25. The second kappa shape index (κ2) is 9.89. The van der Waals surface area contributed by atoms with Crippen LogP contribution in [-0.2, 0) is 16.0 Å². The van der Waals surface area contributed by atoms with Crippen molar-refractivity contribution in [2.24, 2.45) is 16.1 Å². The van der Waals surface area contributed by atoms with Gasteiger partial charge in [-0.05, 0) is 55.5 Å². The zero-order valence-corrected chi connectivity index (χ0v) is 17.5. The number of anilines is 1. The monoisotopic (exact) mass is 414 g/mol. The number of ether oxygens (including phenoxy) is 1. The van der Waals surface area contributed by atoms with E-state index in [1.807, 2.05) is 55.5 Å². The normalized spacial score (nSPS) is 15.3. The van der Waals surface area contributed by atoms with Crippen molar-refractivity contribution in [1.29, 1.82) is 0 Å². The average molecular weight is 415 g/mol. The van der Waals surface area contributed by atoms with Gasteiger partial charge in [-0.15, -0.1) is 5.10 Å². The smallest absolute Gasteiger partial charge is 0.262 e. The van der Waals surface area contributed by atoms with Crippen LogP contribution in [0.4, 0.5) is 5.69 Å². The third kappa shape index (κ3) is 5.48. The van der Waals surface area contributed by atoms with Crippen molar-refractivity contribution in [2.45, 2.75) is 26.2 Å². The molecule has 1 atom stereocenters. The number of hydrogen-bond acceptors (Lipinski definition) is 4. The Kier molecular flexibility index (Phi) is 6.57. The van der Waals surface area contributed by atoms with Crippen molar-refractivity contribution in [3.05, 3.63) is 78.6 Å². The Bertz CT molecular complexity index is 1070. The molecule has 158 valence electrons. The predicted molar refractivity (Wildman–Crippen MR) is 124 cm³/mol. The molecule has 0 aliphatic carbocycles. The van der Waals surface area contributed by atoms with Crippen LogP contribution in [0.2, 0.25) is 0 Å². The van der Waals surface area contributed by atoms with Gasteiger partial charge < -0.3 is 15.0 Å². The number of aryl methyl sites for hydroxylation is 1. The summed E-state index contributed by atoms with van der Waals surface area (Å²) in [5, 5.41) is 11.2. The molecule has 6 nitrogen and oxygen atoms in total. The zero-order valence-electron chi connectivity index (χ0n) is 17.5. The van der Waals surface area contributed by atoms with Gasteiger partial charge in [-0.25, -0.2) is 0 Å². The summed E-state index contributed by atoms with van der Waals surface area (Å²) in [7, 11) is 0. The van der Waals surface area contributed by atoms with Gasteiger partial charge in [-0.1, -0.05) is 48.5 Å². The first-order valence-electron chi connectivity index (χ1n) is 10.5. The Labute approximate surface area is 182 Å². The number of aromatic nitrogens is 1. The molecule has 0 spiro atoms. The molecule has 1 amide bonds. The van der Waals surface area contributed by atoms with E-state index in [-0.39, 0.29) is 18.4 Å². The van der Waals surface area contributed by atoms with E-state index in [0.717, 1.165) is 30.7 Å². The number of rotatable bonds is 8. The summed E-state index contributed by atoms with van der Waals surface area (Å²) in [6, 6.07) is 21.9. The highest BCUT2D eigenvalue weighted by Crippen LogP contribution is 2.22. The Balaban J connectivity index is 1.19. The number of hydrogen-bond donors (Lipinski definition) is 2. The molecule has 1 aromatic heterocycles. The van der Waals surface area contributed by atoms with Crippen LogP contribution in [0, 0.1) is 5.92 Å². The van der Waals surface area contributed by atoms with Gasteiger partial charge in [0.05, 0.1) is 11.6 Å². The lowest BCUT2D eigenvalue weighted by molar-refractivity contribution is -0.118. The number of benzene rings is 2. The fourth-order valence-corrected chi connectivity index (χ4v) is 3.55. The summed E-state index contributed by atoms with van der Waals surface area (Å²) in [6.07, 6.45) is 4.80. The first kappa shape index (κ1) is 20.6. The van der Waals surface area contributed by atoms with Crippen molar-refractivity contribution >= 4 is 23.2 Å². The van der Waals surface area contributed by atoms with Gasteiger partial charge in [-0.3, -0.25) is 4.79 Å². The minimum atomic E-state index is -0.212. The Morgan fingerprint density at radius 2 is 1.74 bits per heavy atom. The van der Waals surface area contributed by atoms with Crippen molar-refractivity contribution in [3.63, 3.8) is 0 Å². The molecule has 2 N–H and O–H groups in total. The van der Waals surface area contributed by atoms with Gasteiger partial charge in [0, 0.05) is 17.6 Å². The first-order chi connectivity index (χ1) is 15.2. The number of amides is 1. The molecule has 0 bridgehead atoms. The number of nitrogens with zero attached hydrogens (tertiary/aromatic N) is 2. The van der Waals surface area contributed by atoms with E-state index in [9.17, 15) is 4.79 Å². The zero-order chi connectivity index (χ0) is 21.5. The molecule has 1 unspecified atom stereocenters. The van der Waals surface area contributed by atoms with E-state index in [2.05, 4.69) is 44.9 Å². The number of para-hydroxylation sites is 1. The summed E-state index contributed by atoms with van der Waals surface area (Å²) in [6.45, 7) is 1.94. The molecule has 0 saturated carbocycles. The molecule has 0 fully saturated rings. The average Bonchev–Trinajstić information content (AvgIpc) is 3.41. The maximum atomic E-state index is 12.1. The van der Waals surface area contributed by atoms with Crippen molar-refractivity contribution in [1.82, 2.24) is 4.98 Å². The minimum absolute atomic E-state index is 0.00644. The SMILES string of the molecule is CC1C(CCCc2cc(-c3ccccc3)c[nH]2)=NN=C1OCC(=O)Nc1ccccc1. The molecule has 31 heavy (non-hydrogen) atoms. The van der Waals surface area contributed by atoms with Crippen LogP contribution < -0.4 is 5.32 Å². The van der Waals surface area contributed by atoms with Crippen molar-refractivity contribution < 1.29 is 9.53 Å². The standard InChI is InChI=1S/C25H26N4O2/c1-18-23(14-8-13-22-15-20(16-26-22)19-9-4-2-5-10-19)28-29-25(18)31-17-24(30)27-21-11-6-3-7-12-21/h2-7,9-12,15-16,18,26H,8,13-14,17H2,1H3,(H,27,30). The number of carbonyl (C=O) groups is 1. The van der Waals surface area contributed by atoms with E-state index >= 15 is 0 Å².